The fourth-order valence-electron chi connectivity index (χ4n) is 3.32. The molecule has 0 radical (unpaired) electrons. The predicted molar refractivity (Wildman–Crippen MR) is 105 cm³/mol. The lowest BCUT2D eigenvalue weighted by molar-refractivity contribution is -0.121. The molecule has 0 spiro atoms. The monoisotopic (exact) mass is 371 g/mol. The van der Waals surface area contributed by atoms with E-state index in [1.54, 1.807) is 0 Å². The molecule has 0 unspecified atom stereocenters. The highest BCUT2D eigenvalue weighted by Gasteiger charge is 2.36. The number of nitrogens with two attached hydrogens (primary N) is 1. The Hall–Kier alpha value is -1.23. The molecule has 6 heteroatoms. The minimum atomic E-state index is -0.682. The Labute approximate surface area is 156 Å². The van der Waals surface area contributed by atoms with E-state index in [4.69, 9.17) is 5.73 Å². The molecule has 0 atom stereocenters. The minimum Gasteiger partial charge on any atom is -0.347 e. The van der Waals surface area contributed by atoms with Crippen molar-refractivity contribution >= 4 is 47.3 Å². The van der Waals surface area contributed by atoms with Crippen LogP contribution in [0.5, 0.6) is 0 Å². The van der Waals surface area contributed by atoms with Gasteiger partial charge in [-0.25, -0.2) is 0 Å². The van der Waals surface area contributed by atoms with Gasteiger partial charge in [-0.2, -0.15) is 0 Å². The summed E-state index contributed by atoms with van der Waals surface area (Å²) in [6.07, 6.45) is 5.76. The zero-order chi connectivity index (χ0) is 15.7. The summed E-state index contributed by atoms with van der Waals surface area (Å²) in [5.74, 6) is 0.556. The van der Waals surface area contributed by atoms with Crippen molar-refractivity contribution in [2.45, 2.75) is 51.6 Å². The number of fused-ring (bicyclic) bond motifs is 1. The third-order valence-corrected chi connectivity index (χ3v) is 4.54. The summed E-state index contributed by atoms with van der Waals surface area (Å²) in [6.45, 7) is 5.42. The summed E-state index contributed by atoms with van der Waals surface area (Å²) < 4.78 is 2.26. The van der Waals surface area contributed by atoms with Crippen LogP contribution in [0.15, 0.2) is 30.5 Å². The first kappa shape index (κ1) is 20.8. The highest BCUT2D eigenvalue weighted by atomic mass is 35.5. The van der Waals surface area contributed by atoms with Crippen LogP contribution in [0.25, 0.3) is 10.9 Å². The second kappa shape index (κ2) is 8.24. The van der Waals surface area contributed by atoms with Crippen LogP contribution in [0.2, 0.25) is 0 Å². The fraction of sp³-hybridized carbons (Fsp3) is 0.500. The molecule has 2 aromatic rings. The van der Waals surface area contributed by atoms with E-state index in [0.717, 1.165) is 43.3 Å². The molecule has 3 N–H and O–H groups in total. The van der Waals surface area contributed by atoms with Gasteiger partial charge < -0.3 is 15.6 Å². The molecule has 1 aromatic carbocycles. The van der Waals surface area contributed by atoms with Crippen molar-refractivity contribution in [2.24, 2.45) is 11.7 Å². The van der Waals surface area contributed by atoms with Crippen molar-refractivity contribution in [3.05, 3.63) is 30.5 Å². The summed E-state index contributed by atoms with van der Waals surface area (Å²) in [5.41, 5.74) is 7.56. The van der Waals surface area contributed by atoms with E-state index >= 15 is 0 Å². The molecule has 1 aliphatic carbocycles. The van der Waals surface area contributed by atoms with E-state index in [-0.39, 0.29) is 30.7 Å². The van der Waals surface area contributed by atoms with Gasteiger partial charge in [0.05, 0.1) is 5.54 Å². The smallest absolute Gasteiger partial charge is 0.244 e. The number of benzene rings is 1. The van der Waals surface area contributed by atoms with Crippen LogP contribution < -0.4 is 11.1 Å². The highest BCUT2D eigenvalue weighted by Crippen LogP contribution is 2.29. The largest absolute Gasteiger partial charge is 0.347 e. The van der Waals surface area contributed by atoms with Crippen LogP contribution >= 0.6 is 24.8 Å². The van der Waals surface area contributed by atoms with E-state index in [2.05, 4.69) is 42.1 Å². The molecule has 1 amide bonds. The Morgan fingerprint density at radius 2 is 1.92 bits per heavy atom. The topological polar surface area (TPSA) is 60.0 Å². The lowest BCUT2D eigenvalue weighted by atomic mass is 9.98. The number of hydrogen-bond acceptors (Lipinski definition) is 2. The Morgan fingerprint density at radius 1 is 1.25 bits per heavy atom. The normalized spacial score (nSPS) is 15.8. The molecule has 3 rings (SSSR count). The molecule has 24 heavy (non-hydrogen) atoms. The zero-order valence-electron chi connectivity index (χ0n) is 14.2. The van der Waals surface area contributed by atoms with Gasteiger partial charge in [0.15, 0.2) is 0 Å². The third kappa shape index (κ3) is 4.24. The summed E-state index contributed by atoms with van der Waals surface area (Å²) in [5, 5.41) is 4.14. The summed E-state index contributed by atoms with van der Waals surface area (Å²) >= 11 is 0. The van der Waals surface area contributed by atoms with E-state index in [1.807, 2.05) is 12.1 Å². The van der Waals surface area contributed by atoms with E-state index in [1.165, 1.54) is 5.52 Å². The molecule has 0 bridgehead atoms. The van der Waals surface area contributed by atoms with Gasteiger partial charge in [0, 0.05) is 29.3 Å². The van der Waals surface area contributed by atoms with Gasteiger partial charge in [0.2, 0.25) is 5.91 Å². The molecule has 1 saturated carbocycles. The number of aromatic nitrogens is 1. The average Bonchev–Trinajstić information content (AvgIpc) is 3.06. The number of nitrogens with zero attached hydrogens (tertiary/aromatic N) is 1. The Bertz CT molecular complexity index is 691. The molecule has 134 valence electrons. The lowest BCUT2D eigenvalue weighted by Gasteiger charge is -2.22. The van der Waals surface area contributed by atoms with Crippen molar-refractivity contribution in [3.8, 4) is 0 Å². The van der Waals surface area contributed by atoms with Crippen LogP contribution in [0.1, 0.15) is 39.5 Å². The molecule has 1 aromatic heterocycles. The minimum absolute atomic E-state index is 0. The van der Waals surface area contributed by atoms with Crippen LogP contribution in [0, 0.1) is 5.92 Å². The molecular formula is C18H27Cl2N3O. The van der Waals surface area contributed by atoms with Gasteiger partial charge in [-0.1, -0.05) is 26.7 Å². The molecule has 1 fully saturated rings. The molecule has 1 heterocycles. The zero-order valence-corrected chi connectivity index (χ0v) is 15.9. The molecule has 4 nitrogen and oxygen atoms in total. The van der Waals surface area contributed by atoms with Crippen molar-refractivity contribution in [2.75, 3.05) is 5.32 Å². The number of carbonyl (C=O) groups excluding carboxylic acids is 1. The van der Waals surface area contributed by atoms with Gasteiger partial charge in [-0.05, 0) is 43.0 Å². The SMILES string of the molecule is CC(C)Cn1ccc2cc(NC(=O)C3(N)CCCC3)ccc21.Cl.Cl. The van der Waals surface area contributed by atoms with Crippen molar-refractivity contribution < 1.29 is 4.79 Å². The first-order valence-corrected chi connectivity index (χ1v) is 8.17. The second-order valence-corrected chi connectivity index (χ2v) is 6.95. The van der Waals surface area contributed by atoms with E-state index in [9.17, 15) is 4.79 Å². The molecule has 1 aliphatic rings. The van der Waals surface area contributed by atoms with Crippen LogP contribution in [-0.4, -0.2) is 16.0 Å². The predicted octanol–water partition coefficient (Wildman–Crippen LogP) is 4.35. The van der Waals surface area contributed by atoms with Crippen molar-refractivity contribution in [1.82, 2.24) is 4.57 Å². The maximum absolute atomic E-state index is 12.4. The molecule has 0 saturated heterocycles. The van der Waals surface area contributed by atoms with Crippen molar-refractivity contribution in [1.29, 1.82) is 0 Å². The van der Waals surface area contributed by atoms with E-state index in [0.29, 0.717) is 5.92 Å². The Morgan fingerprint density at radius 3 is 2.54 bits per heavy atom. The number of amides is 1. The standard InChI is InChI=1S/C18H25N3O.2ClH/c1-13(2)12-21-10-7-14-11-15(5-6-16(14)21)20-17(22)18(19)8-3-4-9-18;;/h5-7,10-11,13H,3-4,8-9,12,19H2,1-2H3,(H,20,22);2*1H. The van der Waals surface area contributed by atoms with Crippen LogP contribution in [0.4, 0.5) is 5.69 Å². The number of carbonyl (C=O) groups is 1. The molecule has 0 aliphatic heterocycles. The van der Waals surface area contributed by atoms with Crippen LogP contribution in [0.3, 0.4) is 0 Å². The quantitative estimate of drug-likeness (QED) is 0.838. The third-order valence-electron chi connectivity index (χ3n) is 4.54. The molecular weight excluding hydrogens is 345 g/mol. The maximum atomic E-state index is 12.4. The summed E-state index contributed by atoms with van der Waals surface area (Å²) in [7, 11) is 0. The van der Waals surface area contributed by atoms with Gasteiger partial charge in [0.25, 0.3) is 0 Å². The summed E-state index contributed by atoms with van der Waals surface area (Å²) in [4.78, 5) is 12.4. The number of halogens is 2. The second-order valence-electron chi connectivity index (χ2n) is 6.95. The summed E-state index contributed by atoms with van der Waals surface area (Å²) in [6, 6.07) is 8.17. The lowest BCUT2D eigenvalue weighted by Crippen LogP contribution is -2.48. The first-order valence-electron chi connectivity index (χ1n) is 8.17. The number of anilines is 1. The van der Waals surface area contributed by atoms with Gasteiger partial charge in [-0.15, -0.1) is 24.8 Å². The first-order chi connectivity index (χ1) is 10.5. The number of hydrogen-bond donors (Lipinski definition) is 2. The van der Waals surface area contributed by atoms with E-state index < -0.39 is 5.54 Å². The fourth-order valence-corrected chi connectivity index (χ4v) is 3.32. The van der Waals surface area contributed by atoms with Gasteiger partial charge >= 0.3 is 0 Å². The maximum Gasteiger partial charge on any atom is 0.244 e. The van der Waals surface area contributed by atoms with Crippen LogP contribution in [-0.2, 0) is 11.3 Å². The Kier molecular flexibility index (Phi) is 7.14. The van der Waals surface area contributed by atoms with Crippen molar-refractivity contribution in [3.63, 3.8) is 0 Å². The highest BCUT2D eigenvalue weighted by molar-refractivity contribution is 5.99. The number of rotatable bonds is 4. The average molecular weight is 372 g/mol. The Balaban J connectivity index is 0.00000144. The van der Waals surface area contributed by atoms with Gasteiger partial charge in [-0.3, -0.25) is 4.79 Å². The number of nitrogens with one attached hydrogen (secondary N) is 1. The van der Waals surface area contributed by atoms with Gasteiger partial charge in [0.1, 0.15) is 0 Å².